The number of benzene rings is 10. The summed E-state index contributed by atoms with van der Waals surface area (Å²) in [6.45, 7) is 0. The van der Waals surface area contributed by atoms with E-state index in [1.54, 1.807) is 0 Å². The van der Waals surface area contributed by atoms with Crippen molar-refractivity contribution < 1.29 is 4.42 Å². The number of para-hydroxylation sites is 2. The van der Waals surface area contributed by atoms with Gasteiger partial charge in [-0.2, -0.15) is 0 Å². The second kappa shape index (κ2) is 16.9. The van der Waals surface area contributed by atoms with E-state index in [1.807, 2.05) is 24.3 Å². The Balaban J connectivity index is 0.897. The van der Waals surface area contributed by atoms with Gasteiger partial charge < -0.3 is 9.32 Å². The Hall–Kier alpha value is -8.53. The van der Waals surface area contributed by atoms with Crippen LogP contribution in [-0.4, -0.2) is 4.98 Å². The summed E-state index contributed by atoms with van der Waals surface area (Å²) in [5.74, 6) is 0.711. The van der Waals surface area contributed by atoms with Crippen molar-refractivity contribution in [2.24, 2.45) is 0 Å². The highest BCUT2D eigenvalue weighted by Crippen LogP contribution is 2.43. The Labute approximate surface area is 384 Å². The fraction of sp³-hybridized carbons (Fsp3) is 0.0317. The van der Waals surface area contributed by atoms with E-state index in [0.29, 0.717) is 5.89 Å². The highest BCUT2D eigenvalue weighted by Gasteiger charge is 2.20. The van der Waals surface area contributed by atoms with Gasteiger partial charge in [-0.1, -0.05) is 194 Å². The molecule has 1 heterocycles. The molecule has 0 bridgehead atoms. The quantitative estimate of drug-likeness (QED) is 0.145. The number of hydrogen-bond acceptors (Lipinski definition) is 3. The maximum absolute atomic E-state index is 6.14. The molecule has 0 fully saturated rings. The smallest absolute Gasteiger partial charge is 0.223 e. The molecular formula is C63H44N2O. The van der Waals surface area contributed by atoms with Crippen LogP contribution in [0, 0.1) is 0 Å². The van der Waals surface area contributed by atoms with Crippen molar-refractivity contribution in [2.75, 3.05) is 4.90 Å². The van der Waals surface area contributed by atoms with Gasteiger partial charge in [-0.25, -0.2) is 4.98 Å². The summed E-state index contributed by atoms with van der Waals surface area (Å²) in [4.78, 5) is 7.14. The Morgan fingerprint density at radius 2 is 0.742 bits per heavy atom. The minimum Gasteiger partial charge on any atom is -0.436 e. The summed E-state index contributed by atoms with van der Waals surface area (Å²) < 4.78 is 6.14. The van der Waals surface area contributed by atoms with Crippen molar-refractivity contribution in [2.45, 2.75) is 12.8 Å². The fourth-order valence-corrected chi connectivity index (χ4v) is 9.79. The largest absolute Gasteiger partial charge is 0.436 e. The summed E-state index contributed by atoms with van der Waals surface area (Å²) in [6.07, 6.45) is 6.21. The van der Waals surface area contributed by atoms with Crippen LogP contribution in [0.4, 0.5) is 17.1 Å². The Morgan fingerprint density at radius 1 is 0.333 bits per heavy atom. The van der Waals surface area contributed by atoms with Crippen LogP contribution in [0.2, 0.25) is 0 Å². The first-order chi connectivity index (χ1) is 32.7. The molecule has 66 heavy (non-hydrogen) atoms. The van der Waals surface area contributed by atoms with E-state index >= 15 is 0 Å². The molecule has 11 aromatic rings. The van der Waals surface area contributed by atoms with Crippen molar-refractivity contribution in [3.63, 3.8) is 0 Å². The molecule has 12 rings (SSSR count). The lowest BCUT2D eigenvalue weighted by molar-refractivity contribution is 0.580. The Kier molecular flexibility index (Phi) is 10.00. The van der Waals surface area contributed by atoms with Crippen molar-refractivity contribution in [1.29, 1.82) is 0 Å². The minimum absolute atomic E-state index is 0.711. The summed E-state index contributed by atoms with van der Waals surface area (Å²) in [5, 5.41) is 4.99. The number of hydrogen-bond donors (Lipinski definition) is 0. The molecule has 0 atom stereocenters. The van der Waals surface area contributed by atoms with Gasteiger partial charge in [0.25, 0.3) is 0 Å². The van der Waals surface area contributed by atoms with Crippen LogP contribution >= 0.6 is 0 Å². The molecule has 0 saturated carbocycles. The van der Waals surface area contributed by atoms with Crippen LogP contribution in [0.25, 0.3) is 88.3 Å². The fourth-order valence-electron chi connectivity index (χ4n) is 9.79. The summed E-state index contributed by atoms with van der Waals surface area (Å²) in [6, 6.07) is 83.0. The molecule has 0 amide bonds. The molecular weight excluding hydrogens is 801 g/mol. The van der Waals surface area contributed by atoms with Crippen molar-refractivity contribution in [3.8, 4) is 44.5 Å². The molecule has 3 nitrogen and oxygen atoms in total. The van der Waals surface area contributed by atoms with Gasteiger partial charge in [-0.05, 0) is 139 Å². The van der Waals surface area contributed by atoms with E-state index in [2.05, 4.69) is 223 Å². The Morgan fingerprint density at radius 3 is 1.29 bits per heavy atom. The van der Waals surface area contributed by atoms with Gasteiger partial charge in [0.2, 0.25) is 5.89 Å². The van der Waals surface area contributed by atoms with E-state index in [4.69, 9.17) is 9.40 Å². The van der Waals surface area contributed by atoms with Crippen molar-refractivity contribution in [3.05, 3.63) is 254 Å². The zero-order valence-corrected chi connectivity index (χ0v) is 36.3. The van der Waals surface area contributed by atoms with Gasteiger partial charge in [0, 0.05) is 22.6 Å². The zero-order chi connectivity index (χ0) is 43.8. The number of nitrogens with zero attached hydrogens (tertiary/aromatic N) is 2. The molecule has 1 aliphatic rings. The standard InChI is InChI=1S/C63H44N2O/c1-3-17-53-43(13-1)15-11-23-55(53)46-31-37-50(38-32-46)65(51-39-33-47(34-40-51)56-24-12-16-44-14-2-4-18-54(44)56)52-41-35-48(36-42-52)58-20-6-8-22-60(58)59-21-7-5-19-57(59)45-27-29-49(30-28-45)63-64-61-25-9-10-26-62(61)66-63/h1-27,29,31-42H,28,30H2. The van der Waals surface area contributed by atoms with E-state index < -0.39 is 0 Å². The third-order valence-corrected chi connectivity index (χ3v) is 13.1. The van der Waals surface area contributed by atoms with Crippen LogP contribution in [0.1, 0.15) is 24.3 Å². The van der Waals surface area contributed by atoms with Crippen molar-refractivity contribution in [1.82, 2.24) is 4.98 Å². The second-order valence-electron chi connectivity index (χ2n) is 17.0. The monoisotopic (exact) mass is 844 g/mol. The number of oxazole rings is 1. The van der Waals surface area contributed by atoms with Crippen LogP contribution < -0.4 is 4.90 Å². The first-order valence-corrected chi connectivity index (χ1v) is 22.7. The van der Waals surface area contributed by atoms with Crippen LogP contribution in [0.15, 0.2) is 247 Å². The van der Waals surface area contributed by atoms with Gasteiger partial charge >= 0.3 is 0 Å². The lowest BCUT2D eigenvalue weighted by Gasteiger charge is -2.26. The molecule has 10 aromatic carbocycles. The van der Waals surface area contributed by atoms with E-state index in [0.717, 1.165) is 52.1 Å². The van der Waals surface area contributed by atoms with E-state index in [1.165, 1.54) is 71.6 Å². The third kappa shape index (κ3) is 7.27. The zero-order valence-electron chi connectivity index (χ0n) is 36.3. The average molecular weight is 845 g/mol. The Bertz CT molecular complexity index is 3470. The summed E-state index contributed by atoms with van der Waals surface area (Å²) in [5.41, 5.74) is 18.3. The minimum atomic E-state index is 0.711. The van der Waals surface area contributed by atoms with Gasteiger partial charge in [0.1, 0.15) is 5.52 Å². The average Bonchev–Trinajstić information content (AvgIpc) is 3.84. The summed E-state index contributed by atoms with van der Waals surface area (Å²) >= 11 is 0. The first kappa shape index (κ1) is 39.1. The molecule has 0 aliphatic heterocycles. The number of aromatic nitrogens is 1. The lowest BCUT2D eigenvalue weighted by Crippen LogP contribution is -2.09. The van der Waals surface area contributed by atoms with Gasteiger partial charge in [-0.3, -0.25) is 0 Å². The van der Waals surface area contributed by atoms with E-state index in [-0.39, 0.29) is 0 Å². The highest BCUT2D eigenvalue weighted by molar-refractivity contribution is 5.99. The molecule has 312 valence electrons. The topological polar surface area (TPSA) is 29.3 Å². The lowest BCUT2D eigenvalue weighted by atomic mass is 9.86. The predicted octanol–water partition coefficient (Wildman–Crippen LogP) is 17.5. The maximum Gasteiger partial charge on any atom is 0.223 e. The highest BCUT2D eigenvalue weighted by atomic mass is 16.3. The predicted molar refractivity (Wildman–Crippen MR) is 277 cm³/mol. The van der Waals surface area contributed by atoms with Gasteiger partial charge in [0.05, 0.1) is 0 Å². The van der Waals surface area contributed by atoms with E-state index in [9.17, 15) is 0 Å². The third-order valence-electron chi connectivity index (χ3n) is 13.1. The second-order valence-corrected chi connectivity index (χ2v) is 17.0. The van der Waals surface area contributed by atoms with Crippen LogP contribution in [0.3, 0.4) is 0 Å². The molecule has 0 spiro atoms. The molecule has 0 unspecified atom stereocenters. The normalized spacial score (nSPS) is 12.6. The van der Waals surface area contributed by atoms with Crippen molar-refractivity contribution >= 4 is 60.9 Å². The maximum atomic E-state index is 6.14. The molecule has 0 radical (unpaired) electrons. The van der Waals surface area contributed by atoms with Crippen LogP contribution in [0.5, 0.6) is 0 Å². The SMILES string of the molecule is C1=C(c2nc3ccccc3o2)CCC(c2ccccc2-c2ccccc2-c2ccc(N(c3ccc(-c4cccc5ccccc45)cc3)c3ccc(-c4cccc5ccccc45)cc3)cc2)=C1. The molecule has 1 aromatic heterocycles. The molecule has 0 N–H and O–H groups in total. The number of anilines is 3. The molecule has 3 heteroatoms. The van der Waals surface area contributed by atoms with Gasteiger partial charge in [0.15, 0.2) is 5.58 Å². The first-order valence-electron chi connectivity index (χ1n) is 22.7. The summed E-state index contributed by atoms with van der Waals surface area (Å²) in [7, 11) is 0. The number of allylic oxidation sites excluding steroid dienone is 4. The number of rotatable bonds is 9. The number of fused-ring (bicyclic) bond motifs is 3. The molecule has 1 aliphatic carbocycles. The molecule has 0 saturated heterocycles. The van der Waals surface area contributed by atoms with Gasteiger partial charge in [-0.15, -0.1) is 0 Å². The van der Waals surface area contributed by atoms with Crippen LogP contribution in [-0.2, 0) is 0 Å².